The average molecular weight is 415 g/mol. The second kappa shape index (κ2) is 9.61. The van der Waals surface area contributed by atoms with Gasteiger partial charge >= 0.3 is 5.97 Å². The molecule has 0 aliphatic carbocycles. The number of thiophene rings is 1. The van der Waals surface area contributed by atoms with Crippen LogP contribution in [0.2, 0.25) is 0 Å². The second-order valence-electron chi connectivity index (χ2n) is 6.52. The van der Waals surface area contributed by atoms with Gasteiger partial charge in [-0.25, -0.2) is 4.98 Å². The molecule has 0 spiro atoms. The molecule has 0 aliphatic rings. The standard InChI is InChI=1S/C21H22N2O3S2/c1-14(16-6-4-3-5-7-16)11-22-20(25)15(2)26-19(24)10-18-13-28-21(23-18)17-8-9-27-12-17/h3-9,12-15H,10-11H2,1-2H3,(H,22,25)/t14-,15-/m1/s1. The SMILES string of the molecule is C[C@H](CNC(=O)[C@@H](C)OC(=O)Cc1csc(-c2ccsc2)n1)c1ccccc1. The van der Waals surface area contributed by atoms with Crippen molar-refractivity contribution in [2.75, 3.05) is 6.54 Å². The van der Waals surface area contributed by atoms with Crippen molar-refractivity contribution >= 4 is 34.6 Å². The molecule has 146 valence electrons. The van der Waals surface area contributed by atoms with Crippen LogP contribution in [0.15, 0.2) is 52.5 Å². The number of ether oxygens (including phenoxy) is 1. The number of hydrogen-bond acceptors (Lipinski definition) is 6. The summed E-state index contributed by atoms with van der Waals surface area (Å²) in [6.07, 6.45) is -0.788. The molecule has 2 aromatic heterocycles. The monoisotopic (exact) mass is 414 g/mol. The van der Waals surface area contributed by atoms with E-state index in [4.69, 9.17) is 4.74 Å². The summed E-state index contributed by atoms with van der Waals surface area (Å²) < 4.78 is 5.27. The highest BCUT2D eigenvalue weighted by molar-refractivity contribution is 7.14. The van der Waals surface area contributed by atoms with Crippen LogP contribution in [0.4, 0.5) is 0 Å². The van der Waals surface area contributed by atoms with Crippen molar-refractivity contribution in [1.82, 2.24) is 10.3 Å². The molecule has 2 heterocycles. The van der Waals surface area contributed by atoms with Gasteiger partial charge in [0.05, 0.1) is 12.1 Å². The lowest BCUT2D eigenvalue weighted by Gasteiger charge is -2.16. The van der Waals surface area contributed by atoms with E-state index in [-0.39, 0.29) is 18.2 Å². The van der Waals surface area contributed by atoms with Crippen molar-refractivity contribution in [3.63, 3.8) is 0 Å². The van der Waals surface area contributed by atoms with E-state index in [1.165, 1.54) is 11.3 Å². The molecule has 0 saturated carbocycles. The fraction of sp³-hybridized carbons (Fsp3) is 0.286. The van der Waals surface area contributed by atoms with E-state index in [2.05, 4.69) is 10.3 Å². The van der Waals surface area contributed by atoms with Crippen LogP contribution >= 0.6 is 22.7 Å². The number of carbonyl (C=O) groups is 2. The second-order valence-corrected chi connectivity index (χ2v) is 8.16. The summed E-state index contributed by atoms with van der Waals surface area (Å²) in [4.78, 5) is 28.8. The molecule has 0 radical (unpaired) electrons. The third-order valence-corrected chi connectivity index (χ3v) is 5.90. The Balaban J connectivity index is 1.45. The van der Waals surface area contributed by atoms with Gasteiger partial charge in [0.25, 0.3) is 5.91 Å². The van der Waals surface area contributed by atoms with E-state index in [0.29, 0.717) is 12.2 Å². The molecule has 2 atom stereocenters. The van der Waals surface area contributed by atoms with Gasteiger partial charge in [0, 0.05) is 22.9 Å². The molecule has 3 rings (SSSR count). The van der Waals surface area contributed by atoms with Crippen LogP contribution < -0.4 is 5.32 Å². The molecular formula is C21H22N2O3S2. The Morgan fingerprint density at radius 1 is 1.14 bits per heavy atom. The molecule has 1 amide bonds. The Labute approximate surface area is 172 Å². The van der Waals surface area contributed by atoms with Gasteiger partial charge in [-0.1, -0.05) is 37.3 Å². The minimum Gasteiger partial charge on any atom is -0.452 e. The number of benzene rings is 1. The first-order valence-corrected chi connectivity index (χ1v) is 10.8. The Hall–Kier alpha value is -2.51. The number of rotatable bonds is 8. The number of thiazole rings is 1. The van der Waals surface area contributed by atoms with Crippen LogP contribution in [0.5, 0.6) is 0 Å². The molecule has 0 fully saturated rings. The summed E-state index contributed by atoms with van der Waals surface area (Å²) in [5.41, 5.74) is 2.86. The van der Waals surface area contributed by atoms with E-state index in [9.17, 15) is 9.59 Å². The van der Waals surface area contributed by atoms with Gasteiger partial charge in [-0.05, 0) is 29.9 Å². The van der Waals surface area contributed by atoms with Gasteiger partial charge < -0.3 is 10.1 Å². The minimum absolute atomic E-state index is 0.0542. The number of amides is 1. The Kier molecular flexibility index (Phi) is 6.95. The van der Waals surface area contributed by atoms with Gasteiger partial charge in [0.2, 0.25) is 0 Å². The Morgan fingerprint density at radius 3 is 2.64 bits per heavy atom. The van der Waals surface area contributed by atoms with Crippen LogP contribution in [0, 0.1) is 0 Å². The summed E-state index contributed by atoms with van der Waals surface area (Å²) in [5.74, 6) is -0.576. The van der Waals surface area contributed by atoms with E-state index in [0.717, 1.165) is 16.1 Å². The molecule has 1 N–H and O–H groups in total. The predicted octanol–water partition coefficient (Wildman–Crippen LogP) is 4.27. The molecule has 0 unspecified atom stereocenters. The molecular weight excluding hydrogens is 392 g/mol. The third-order valence-electron chi connectivity index (χ3n) is 4.27. The van der Waals surface area contributed by atoms with E-state index >= 15 is 0 Å². The highest BCUT2D eigenvalue weighted by Crippen LogP contribution is 2.25. The molecule has 0 bridgehead atoms. The first kappa shape index (κ1) is 20.2. The van der Waals surface area contributed by atoms with E-state index < -0.39 is 12.1 Å². The van der Waals surface area contributed by atoms with Gasteiger partial charge in [-0.15, -0.1) is 11.3 Å². The van der Waals surface area contributed by atoms with Crippen LogP contribution in [0.3, 0.4) is 0 Å². The van der Waals surface area contributed by atoms with Crippen molar-refractivity contribution in [2.45, 2.75) is 32.3 Å². The summed E-state index contributed by atoms with van der Waals surface area (Å²) in [6.45, 7) is 4.11. The van der Waals surface area contributed by atoms with Crippen molar-refractivity contribution in [3.8, 4) is 10.6 Å². The zero-order valence-corrected chi connectivity index (χ0v) is 17.4. The molecule has 0 aliphatic heterocycles. The van der Waals surface area contributed by atoms with Gasteiger partial charge in [-0.2, -0.15) is 11.3 Å². The Bertz CT molecular complexity index is 907. The highest BCUT2D eigenvalue weighted by atomic mass is 32.1. The zero-order valence-electron chi connectivity index (χ0n) is 15.8. The topological polar surface area (TPSA) is 68.3 Å². The number of carbonyl (C=O) groups excluding carboxylic acids is 2. The number of hydrogen-bond donors (Lipinski definition) is 1. The molecule has 5 nitrogen and oxygen atoms in total. The molecule has 28 heavy (non-hydrogen) atoms. The zero-order chi connectivity index (χ0) is 19.9. The quantitative estimate of drug-likeness (QED) is 0.559. The number of esters is 1. The van der Waals surface area contributed by atoms with Crippen LogP contribution in [-0.2, 0) is 20.7 Å². The molecule has 1 aromatic carbocycles. The van der Waals surface area contributed by atoms with Crippen molar-refractivity contribution in [1.29, 1.82) is 0 Å². The summed E-state index contributed by atoms with van der Waals surface area (Å²) in [5, 5.41) is 9.58. The lowest BCUT2D eigenvalue weighted by atomic mass is 10.0. The first-order valence-electron chi connectivity index (χ1n) is 9.02. The predicted molar refractivity (Wildman–Crippen MR) is 113 cm³/mol. The fourth-order valence-corrected chi connectivity index (χ4v) is 4.18. The van der Waals surface area contributed by atoms with Gasteiger partial charge in [0.15, 0.2) is 6.10 Å². The van der Waals surface area contributed by atoms with Crippen LogP contribution in [0.25, 0.3) is 10.6 Å². The lowest BCUT2D eigenvalue weighted by molar-refractivity contribution is -0.154. The maximum atomic E-state index is 12.2. The van der Waals surface area contributed by atoms with Crippen LogP contribution in [0.1, 0.15) is 31.0 Å². The maximum Gasteiger partial charge on any atom is 0.312 e. The molecule has 0 saturated heterocycles. The third kappa shape index (κ3) is 5.50. The van der Waals surface area contributed by atoms with Crippen molar-refractivity contribution in [2.24, 2.45) is 0 Å². The van der Waals surface area contributed by atoms with Crippen LogP contribution in [-0.4, -0.2) is 29.5 Å². The summed E-state index contributed by atoms with van der Waals surface area (Å²) in [6, 6.07) is 12.0. The number of nitrogens with one attached hydrogen (secondary N) is 1. The number of nitrogens with zero attached hydrogens (tertiary/aromatic N) is 1. The fourth-order valence-electron chi connectivity index (χ4n) is 2.64. The number of aromatic nitrogens is 1. The van der Waals surface area contributed by atoms with E-state index in [1.54, 1.807) is 18.3 Å². The molecule has 3 aromatic rings. The highest BCUT2D eigenvalue weighted by Gasteiger charge is 2.19. The summed E-state index contributed by atoms with van der Waals surface area (Å²) >= 11 is 3.10. The average Bonchev–Trinajstić information content (AvgIpc) is 3.38. The minimum atomic E-state index is -0.842. The van der Waals surface area contributed by atoms with E-state index in [1.807, 2.05) is 59.5 Å². The molecule has 7 heteroatoms. The lowest BCUT2D eigenvalue weighted by Crippen LogP contribution is -2.37. The first-order chi connectivity index (χ1) is 13.5. The van der Waals surface area contributed by atoms with Crippen molar-refractivity contribution < 1.29 is 14.3 Å². The largest absolute Gasteiger partial charge is 0.452 e. The van der Waals surface area contributed by atoms with Gasteiger partial charge in [-0.3, -0.25) is 9.59 Å². The summed E-state index contributed by atoms with van der Waals surface area (Å²) in [7, 11) is 0. The smallest absolute Gasteiger partial charge is 0.312 e. The van der Waals surface area contributed by atoms with Crippen molar-refractivity contribution in [3.05, 3.63) is 63.8 Å². The Morgan fingerprint density at radius 2 is 1.93 bits per heavy atom. The normalized spacial score (nSPS) is 12.9. The van der Waals surface area contributed by atoms with Gasteiger partial charge in [0.1, 0.15) is 5.01 Å². The maximum absolute atomic E-state index is 12.2.